The highest BCUT2D eigenvalue weighted by Crippen LogP contribution is 2.26. The predicted molar refractivity (Wildman–Crippen MR) is 135 cm³/mol. The minimum atomic E-state index is -4.30. The van der Waals surface area contributed by atoms with Crippen molar-refractivity contribution in [2.75, 3.05) is 37.0 Å². The summed E-state index contributed by atoms with van der Waals surface area (Å²) in [5.74, 6) is -1.38. The third-order valence-corrected chi connectivity index (χ3v) is 7.45. The summed E-state index contributed by atoms with van der Waals surface area (Å²) in [5.41, 5.74) is 0.609. The summed E-state index contributed by atoms with van der Waals surface area (Å²) in [4.78, 5) is 39.6. The average Bonchev–Trinajstić information content (AvgIpc) is 2.93. The van der Waals surface area contributed by atoms with Gasteiger partial charge in [-0.05, 0) is 48.5 Å². The van der Waals surface area contributed by atoms with Gasteiger partial charge in [0.1, 0.15) is 0 Å². The molecule has 3 amide bonds. The van der Waals surface area contributed by atoms with Gasteiger partial charge in [-0.1, -0.05) is 36.4 Å². The summed E-state index contributed by atoms with van der Waals surface area (Å²) in [7, 11) is -4.30. The zero-order valence-electron chi connectivity index (χ0n) is 19.5. The molecule has 0 spiro atoms. The molecule has 0 bridgehead atoms. The van der Waals surface area contributed by atoms with Crippen LogP contribution in [0, 0.1) is 0 Å². The Balaban J connectivity index is 1.53. The largest absolute Gasteiger partial charge is 0.343 e. The van der Waals surface area contributed by atoms with Crippen LogP contribution in [0.2, 0.25) is 0 Å². The van der Waals surface area contributed by atoms with Gasteiger partial charge in [0.2, 0.25) is 5.91 Å². The number of rotatable bonds is 7. The number of hydrogen-bond acceptors (Lipinski definition) is 6. The van der Waals surface area contributed by atoms with Crippen LogP contribution < -0.4 is 14.9 Å². The molecule has 3 aromatic carbocycles. The van der Waals surface area contributed by atoms with E-state index in [1.807, 2.05) is 0 Å². The van der Waals surface area contributed by atoms with E-state index in [9.17, 15) is 22.8 Å². The number of carbonyl (C=O) groups excluding carboxylic acids is 3. The highest BCUT2D eigenvalue weighted by atomic mass is 32.2. The Hall–Kier alpha value is -4.02. The Labute approximate surface area is 209 Å². The van der Waals surface area contributed by atoms with Gasteiger partial charge in [0.15, 0.2) is 0 Å². The fraction of sp³-hybridized carbons (Fsp3) is 0.192. The summed E-state index contributed by atoms with van der Waals surface area (Å²) in [6, 6.07) is 21.5. The highest BCUT2D eigenvalue weighted by molar-refractivity contribution is 7.93. The number of nitrogens with zero attached hydrogens (tertiary/aromatic N) is 2. The van der Waals surface area contributed by atoms with Crippen LogP contribution in [0.4, 0.5) is 5.69 Å². The lowest BCUT2D eigenvalue weighted by Crippen LogP contribution is -2.49. The van der Waals surface area contributed by atoms with Gasteiger partial charge >= 0.3 is 0 Å². The lowest BCUT2D eigenvalue weighted by Gasteiger charge is -2.27. The molecule has 4 rings (SSSR count). The molecule has 0 atom stereocenters. The molecule has 0 aliphatic carbocycles. The van der Waals surface area contributed by atoms with Crippen molar-refractivity contribution < 1.29 is 22.8 Å². The van der Waals surface area contributed by atoms with Gasteiger partial charge < -0.3 is 15.5 Å². The molecule has 36 heavy (non-hydrogen) atoms. The number of piperazine rings is 1. The predicted octanol–water partition coefficient (Wildman–Crippen LogP) is 1.88. The second kappa shape index (κ2) is 11.1. The maximum Gasteiger partial charge on any atom is 0.272 e. The molecule has 1 fully saturated rings. The Bertz CT molecular complexity index is 1320. The number of benzene rings is 3. The van der Waals surface area contributed by atoms with E-state index in [1.54, 1.807) is 53.4 Å². The topological polar surface area (TPSA) is 116 Å². The van der Waals surface area contributed by atoms with Gasteiger partial charge in [0.25, 0.3) is 21.8 Å². The van der Waals surface area contributed by atoms with Crippen LogP contribution in [0.1, 0.15) is 20.7 Å². The van der Waals surface area contributed by atoms with Gasteiger partial charge in [-0.3, -0.25) is 14.4 Å². The smallest absolute Gasteiger partial charge is 0.272 e. The SMILES string of the molecule is O=C(NCC(=O)N1CCNCC1)c1ccc(S(=O)(=O)N(C(=O)c2ccccc2)c2ccccc2)cc1. The molecule has 1 aliphatic heterocycles. The van der Waals surface area contributed by atoms with Crippen LogP contribution in [0.3, 0.4) is 0 Å². The molecular weight excluding hydrogens is 480 g/mol. The zero-order chi connectivity index (χ0) is 25.5. The van der Waals surface area contributed by atoms with Crippen LogP contribution >= 0.6 is 0 Å². The van der Waals surface area contributed by atoms with Crippen molar-refractivity contribution in [1.82, 2.24) is 15.5 Å². The monoisotopic (exact) mass is 506 g/mol. The normalized spacial score (nSPS) is 13.6. The number of sulfonamides is 1. The lowest BCUT2D eigenvalue weighted by molar-refractivity contribution is -0.130. The van der Waals surface area contributed by atoms with E-state index in [2.05, 4.69) is 10.6 Å². The molecule has 2 N–H and O–H groups in total. The van der Waals surface area contributed by atoms with E-state index >= 15 is 0 Å². The molecular formula is C26H26N4O5S. The first-order valence-corrected chi connectivity index (χ1v) is 12.9. The fourth-order valence-electron chi connectivity index (χ4n) is 3.79. The van der Waals surface area contributed by atoms with Crippen LogP contribution in [0.5, 0.6) is 0 Å². The van der Waals surface area contributed by atoms with Gasteiger partial charge in [0, 0.05) is 37.3 Å². The Morgan fingerprint density at radius 1 is 0.806 bits per heavy atom. The van der Waals surface area contributed by atoms with Gasteiger partial charge in [0.05, 0.1) is 17.1 Å². The fourth-order valence-corrected chi connectivity index (χ4v) is 5.21. The molecule has 1 heterocycles. The number of hydrogen-bond donors (Lipinski definition) is 2. The van der Waals surface area contributed by atoms with E-state index < -0.39 is 21.8 Å². The van der Waals surface area contributed by atoms with Crippen molar-refractivity contribution in [3.63, 3.8) is 0 Å². The third kappa shape index (κ3) is 5.61. The van der Waals surface area contributed by atoms with Crippen LogP contribution in [-0.2, 0) is 14.8 Å². The molecule has 1 aliphatic rings. The number of anilines is 1. The number of para-hydroxylation sites is 1. The van der Waals surface area contributed by atoms with Crippen molar-refractivity contribution in [2.24, 2.45) is 0 Å². The number of nitrogens with one attached hydrogen (secondary N) is 2. The molecule has 1 saturated heterocycles. The molecule has 0 saturated carbocycles. The molecule has 0 unspecified atom stereocenters. The lowest BCUT2D eigenvalue weighted by atomic mass is 10.2. The van der Waals surface area contributed by atoms with Crippen LogP contribution in [0.25, 0.3) is 0 Å². The summed E-state index contributed by atoms with van der Waals surface area (Å²) in [5, 5.41) is 5.74. The zero-order valence-corrected chi connectivity index (χ0v) is 20.3. The number of carbonyl (C=O) groups is 3. The molecule has 10 heteroatoms. The average molecular weight is 507 g/mol. The number of amides is 3. The van der Waals surface area contributed by atoms with E-state index in [0.717, 1.165) is 4.31 Å². The van der Waals surface area contributed by atoms with Crippen LogP contribution in [0.15, 0.2) is 89.8 Å². The quantitative estimate of drug-likeness (QED) is 0.506. The molecule has 0 radical (unpaired) electrons. The minimum Gasteiger partial charge on any atom is -0.343 e. The second-order valence-corrected chi connectivity index (χ2v) is 9.90. The van der Waals surface area contributed by atoms with Gasteiger partial charge in [-0.25, -0.2) is 8.42 Å². The van der Waals surface area contributed by atoms with E-state index in [0.29, 0.717) is 26.2 Å². The summed E-state index contributed by atoms with van der Waals surface area (Å²) >= 11 is 0. The highest BCUT2D eigenvalue weighted by Gasteiger charge is 2.32. The Morgan fingerprint density at radius 3 is 2.00 bits per heavy atom. The second-order valence-electron chi connectivity index (χ2n) is 8.11. The van der Waals surface area contributed by atoms with Gasteiger partial charge in [-0.15, -0.1) is 0 Å². The van der Waals surface area contributed by atoms with Crippen molar-refractivity contribution in [2.45, 2.75) is 4.90 Å². The van der Waals surface area contributed by atoms with E-state index in [1.165, 1.54) is 36.4 Å². The van der Waals surface area contributed by atoms with Gasteiger partial charge in [-0.2, -0.15) is 4.31 Å². The first-order valence-electron chi connectivity index (χ1n) is 11.4. The van der Waals surface area contributed by atoms with Crippen LogP contribution in [-0.4, -0.2) is 63.8 Å². The Morgan fingerprint density at radius 2 is 1.39 bits per heavy atom. The maximum atomic E-state index is 13.6. The van der Waals surface area contributed by atoms with E-state index in [4.69, 9.17) is 0 Å². The first-order chi connectivity index (χ1) is 17.4. The molecule has 0 aromatic heterocycles. The summed E-state index contributed by atoms with van der Waals surface area (Å²) in [6.07, 6.45) is 0. The minimum absolute atomic E-state index is 0.147. The van der Waals surface area contributed by atoms with Crippen molar-refractivity contribution in [3.05, 3.63) is 96.1 Å². The maximum absolute atomic E-state index is 13.6. The van der Waals surface area contributed by atoms with Crippen molar-refractivity contribution in [1.29, 1.82) is 0 Å². The summed E-state index contributed by atoms with van der Waals surface area (Å²) < 4.78 is 27.9. The summed E-state index contributed by atoms with van der Waals surface area (Å²) in [6.45, 7) is 2.44. The molecule has 9 nitrogen and oxygen atoms in total. The third-order valence-electron chi connectivity index (χ3n) is 5.72. The molecule has 3 aromatic rings. The van der Waals surface area contributed by atoms with E-state index in [-0.39, 0.29) is 34.2 Å². The van der Waals surface area contributed by atoms with Crippen molar-refractivity contribution in [3.8, 4) is 0 Å². The van der Waals surface area contributed by atoms with Crippen molar-refractivity contribution >= 4 is 33.4 Å². The first kappa shape index (κ1) is 25.1. The molecule has 186 valence electrons. The Kier molecular flexibility index (Phi) is 7.77. The standard InChI is InChI=1S/C26H26N4O5S/c31-24(29-17-15-27-16-18-29)19-28-25(32)20-11-13-23(14-12-20)36(34,35)30(22-9-5-2-6-10-22)26(33)21-7-3-1-4-8-21/h1-14,27H,15-19H2,(H,28,32).